The number of carbonyl (C=O) groups excluding carboxylic acids is 2. The fourth-order valence-electron chi connectivity index (χ4n) is 1.47. The fourth-order valence-corrected chi connectivity index (χ4v) is 1.47. The van der Waals surface area contributed by atoms with E-state index in [0.717, 1.165) is 5.56 Å². The van der Waals surface area contributed by atoms with Crippen LogP contribution in [0.1, 0.15) is 31.7 Å². The first-order chi connectivity index (χ1) is 8.24. The van der Waals surface area contributed by atoms with Gasteiger partial charge < -0.3 is 4.74 Å². The minimum atomic E-state index is -0.209. The van der Waals surface area contributed by atoms with Crippen molar-refractivity contribution in [3.63, 3.8) is 0 Å². The van der Waals surface area contributed by atoms with Gasteiger partial charge in [0.15, 0.2) is 6.29 Å². The van der Waals surface area contributed by atoms with Crippen LogP contribution in [0, 0.1) is 5.92 Å². The minimum absolute atomic E-state index is 0.160. The summed E-state index contributed by atoms with van der Waals surface area (Å²) < 4.78 is 5.18. The number of unbranched alkanes of at least 4 members (excludes halogenated alkanes) is 1. The third-order valence-corrected chi connectivity index (χ3v) is 2.54. The van der Waals surface area contributed by atoms with Crippen LogP contribution in [-0.4, -0.2) is 12.3 Å². The Labute approximate surface area is 102 Å². The summed E-state index contributed by atoms with van der Waals surface area (Å²) in [5.74, 6) is -0.369. The molecule has 91 valence electrons. The monoisotopic (exact) mass is 233 g/mol. The van der Waals surface area contributed by atoms with Gasteiger partial charge in [0.25, 0.3) is 0 Å². The average Bonchev–Trinajstić information content (AvgIpc) is 2.37. The first-order valence-electron chi connectivity index (χ1n) is 5.79. The van der Waals surface area contributed by atoms with E-state index in [1.165, 1.54) is 0 Å². The zero-order valence-electron chi connectivity index (χ0n) is 10.0. The van der Waals surface area contributed by atoms with Crippen molar-refractivity contribution in [2.45, 2.75) is 32.8 Å². The number of rotatable bonds is 7. The zero-order chi connectivity index (χ0) is 12.5. The third-order valence-electron chi connectivity index (χ3n) is 2.54. The van der Waals surface area contributed by atoms with Gasteiger partial charge in [-0.1, -0.05) is 37.3 Å². The van der Waals surface area contributed by atoms with Crippen LogP contribution in [0.4, 0.5) is 0 Å². The molecule has 0 bridgehead atoms. The predicted octanol–water partition coefficient (Wildman–Crippen LogP) is 2.65. The molecule has 0 N–H and O–H groups in total. The molecule has 0 saturated carbocycles. The van der Waals surface area contributed by atoms with Gasteiger partial charge in [0, 0.05) is 6.42 Å². The van der Waals surface area contributed by atoms with Crippen molar-refractivity contribution in [3.05, 3.63) is 35.9 Å². The largest absolute Gasteiger partial charge is 0.461 e. The van der Waals surface area contributed by atoms with Gasteiger partial charge in [-0.15, -0.1) is 0 Å². The average molecular weight is 233 g/mol. The van der Waals surface area contributed by atoms with Crippen molar-refractivity contribution in [3.8, 4) is 0 Å². The number of hydrogen-bond donors (Lipinski definition) is 0. The fraction of sp³-hybridized carbons (Fsp3) is 0.429. The number of benzene rings is 1. The topological polar surface area (TPSA) is 43.4 Å². The lowest BCUT2D eigenvalue weighted by Gasteiger charge is -2.10. The van der Waals surface area contributed by atoms with Crippen molar-refractivity contribution in [1.29, 1.82) is 0 Å². The summed E-state index contributed by atoms with van der Waals surface area (Å²) in [5, 5.41) is 0. The summed E-state index contributed by atoms with van der Waals surface area (Å²) in [5.41, 5.74) is 0.981. The maximum Gasteiger partial charge on any atom is 0.308 e. The highest BCUT2D eigenvalue weighted by Gasteiger charge is 2.13. The lowest BCUT2D eigenvalue weighted by molar-refractivity contribution is -0.149. The summed E-state index contributed by atoms with van der Waals surface area (Å²) in [6, 6.07) is 9.57. The summed E-state index contributed by atoms with van der Waals surface area (Å²) in [4.78, 5) is 21.6. The van der Waals surface area contributed by atoms with E-state index in [2.05, 4.69) is 0 Å². The van der Waals surface area contributed by atoms with Crippen LogP contribution in [0.15, 0.2) is 30.3 Å². The molecule has 0 saturated heterocycles. The molecule has 1 atom stereocenters. The molecule has 0 aromatic heterocycles. The summed E-state index contributed by atoms with van der Waals surface area (Å²) >= 11 is 0. The van der Waals surface area contributed by atoms with Gasteiger partial charge >= 0.3 is 5.97 Å². The van der Waals surface area contributed by atoms with Crippen LogP contribution >= 0.6 is 0 Å². The normalized spacial score (nSPS) is 11.8. The molecule has 1 aromatic rings. The summed E-state index contributed by atoms with van der Waals surface area (Å²) in [6.07, 6.45) is 3.56. The lowest BCUT2D eigenvalue weighted by Crippen LogP contribution is -2.14. The van der Waals surface area contributed by atoms with Crippen molar-refractivity contribution in [1.82, 2.24) is 0 Å². The Morgan fingerprint density at radius 1 is 1.35 bits per heavy atom. The highest BCUT2D eigenvalue weighted by molar-refractivity contribution is 5.72. The van der Waals surface area contributed by atoms with E-state index in [-0.39, 0.29) is 11.9 Å². The van der Waals surface area contributed by atoms with Gasteiger partial charge in [0.1, 0.15) is 6.61 Å². The van der Waals surface area contributed by atoms with Gasteiger partial charge in [-0.25, -0.2) is 0 Å². The van der Waals surface area contributed by atoms with Crippen molar-refractivity contribution in [2.24, 2.45) is 5.92 Å². The smallest absolute Gasteiger partial charge is 0.308 e. The molecule has 1 unspecified atom stereocenters. The van der Waals surface area contributed by atoms with Gasteiger partial charge in [0.05, 0.1) is 5.92 Å². The summed E-state index contributed by atoms with van der Waals surface area (Å²) in [6.45, 7) is 2.13. The number of esters is 1. The van der Waals surface area contributed by atoms with E-state index >= 15 is 0 Å². The quantitative estimate of drug-likeness (QED) is 0.537. The van der Waals surface area contributed by atoms with Crippen LogP contribution in [0.25, 0.3) is 0 Å². The van der Waals surface area contributed by atoms with Gasteiger partial charge in [-0.2, -0.15) is 0 Å². The van der Waals surface area contributed by atoms with Crippen LogP contribution in [0.2, 0.25) is 0 Å². The molecular weight excluding hydrogens is 216 g/mol. The van der Waals surface area contributed by atoms with Crippen molar-refractivity contribution >= 4 is 12.3 Å². The number of hydrogen-bond acceptors (Lipinski definition) is 3. The lowest BCUT2D eigenvalue weighted by atomic mass is 10.1. The molecule has 0 heterocycles. The molecule has 0 aliphatic carbocycles. The van der Waals surface area contributed by atoms with Crippen LogP contribution in [0.5, 0.6) is 0 Å². The van der Waals surface area contributed by atoms with Crippen LogP contribution in [-0.2, 0) is 20.9 Å². The molecule has 1 radical (unpaired) electrons. The Bertz CT molecular complexity index is 346. The second kappa shape index (κ2) is 7.60. The maximum absolute atomic E-state index is 11.6. The van der Waals surface area contributed by atoms with Gasteiger partial charge in [0.2, 0.25) is 0 Å². The van der Waals surface area contributed by atoms with E-state index in [1.54, 1.807) is 0 Å². The van der Waals surface area contributed by atoms with Crippen molar-refractivity contribution < 1.29 is 14.3 Å². The van der Waals surface area contributed by atoms with Gasteiger partial charge in [-0.05, 0) is 18.4 Å². The minimum Gasteiger partial charge on any atom is -0.461 e. The molecule has 0 spiro atoms. The molecule has 0 fully saturated rings. The Morgan fingerprint density at radius 2 is 2.06 bits per heavy atom. The second-order valence-electron chi connectivity index (χ2n) is 4.03. The van der Waals surface area contributed by atoms with Crippen LogP contribution in [0.3, 0.4) is 0 Å². The molecule has 1 rings (SSSR count). The van der Waals surface area contributed by atoms with E-state index in [4.69, 9.17) is 4.74 Å². The molecule has 0 aliphatic heterocycles. The third kappa shape index (κ3) is 5.29. The first kappa shape index (κ1) is 13.4. The standard InChI is InChI=1S/C14H17O3/c1-12(7-5-6-10-15)14(16)17-11-13-8-3-2-4-9-13/h2-4,8-9,12H,5-7,11H2,1H3. The van der Waals surface area contributed by atoms with Crippen LogP contribution < -0.4 is 0 Å². The Kier molecular flexibility index (Phi) is 6.00. The highest BCUT2D eigenvalue weighted by Crippen LogP contribution is 2.10. The summed E-state index contributed by atoms with van der Waals surface area (Å²) in [7, 11) is 0. The number of carbonyl (C=O) groups is 1. The Hall–Kier alpha value is -1.64. The maximum atomic E-state index is 11.6. The van der Waals surface area contributed by atoms with E-state index in [1.807, 2.05) is 43.5 Å². The highest BCUT2D eigenvalue weighted by atomic mass is 16.5. The van der Waals surface area contributed by atoms with Crippen molar-refractivity contribution in [2.75, 3.05) is 0 Å². The SMILES string of the molecule is CC(CCC[C]=O)C(=O)OCc1ccccc1. The Morgan fingerprint density at radius 3 is 2.71 bits per heavy atom. The Balaban J connectivity index is 2.26. The predicted molar refractivity (Wildman–Crippen MR) is 64.9 cm³/mol. The second-order valence-corrected chi connectivity index (χ2v) is 4.03. The zero-order valence-corrected chi connectivity index (χ0v) is 10.0. The molecule has 3 heteroatoms. The molecule has 3 nitrogen and oxygen atoms in total. The van der Waals surface area contributed by atoms with E-state index in [9.17, 15) is 9.59 Å². The molecule has 0 aliphatic rings. The first-order valence-corrected chi connectivity index (χ1v) is 5.79. The molecule has 1 aromatic carbocycles. The number of ether oxygens (including phenoxy) is 1. The molecular formula is C14H17O3. The van der Waals surface area contributed by atoms with E-state index in [0.29, 0.717) is 25.9 Å². The molecule has 17 heavy (non-hydrogen) atoms. The van der Waals surface area contributed by atoms with Gasteiger partial charge in [-0.3, -0.25) is 9.59 Å². The molecule has 0 amide bonds. The van der Waals surface area contributed by atoms with E-state index < -0.39 is 0 Å².